The number of hydrogen-bond donors (Lipinski definition) is 1. The zero-order valence-electron chi connectivity index (χ0n) is 20.0. The Morgan fingerprint density at radius 2 is 1.75 bits per heavy atom. The number of carboxylic acid groups (broad SMARTS) is 1. The third-order valence-electron chi connectivity index (χ3n) is 6.10. The second-order valence-corrected chi connectivity index (χ2v) is 10.2. The van der Waals surface area contributed by atoms with Crippen LogP contribution in [-0.4, -0.2) is 55.3 Å². The molecule has 1 aromatic carbocycles. The normalized spacial score (nSPS) is 17.4. The number of aryl methyl sites for hydroxylation is 1. The smallest absolute Gasteiger partial charge is 0.465 e. The van der Waals surface area contributed by atoms with Crippen molar-refractivity contribution in [1.82, 2.24) is 19.9 Å². The van der Waals surface area contributed by atoms with E-state index in [9.17, 15) is 14.7 Å². The molecule has 0 unspecified atom stereocenters. The van der Waals surface area contributed by atoms with E-state index in [4.69, 9.17) is 9.31 Å². The van der Waals surface area contributed by atoms with E-state index in [1.165, 1.54) is 10.9 Å². The van der Waals surface area contributed by atoms with Crippen LogP contribution in [0.1, 0.15) is 70.1 Å². The lowest BCUT2D eigenvalue weighted by Crippen LogP contribution is -2.41. The molecular formula is C22H31BN4O5. The van der Waals surface area contributed by atoms with Crippen molar-refractivity contribution in [3.05, 3.63) is 41.2 Å². The summed E-state index contributed by atoms with van der Waals surface area (Å²) in [5.41, 5.74) is 1.06. The fraction of sp³-hybridized carbons (Fsp3) is 0.545. The van der Waals surface area contributed by atoms with Crippen LogP contribution in [0.4, 0.5) is 4.79 Å². The van der Waals surface area contributed by atoms with Crippen LogP contribution in [0.2, 0.25) is 0 Å². The third-order valence-corrected chi connectivity index (χ3v) is 6.10. The molecule has 1 aliphatic rings. The molecule has 1 saturated heterocycles. The number of amides is 2. The minimum atomic E-state index is -1.35. The van der Waals surface area contributed by atoms with Gasteiger partial charge in [-0.1, -0.05) is 23.4 Å². The Kier molecular flexibility index (Phi) is 5.99. The maximum absolute atomic E-state index is 12.9. The lowest BCUT2D eigenvalue weighted by molar-refractivity contribution is 0.00578. The van der Waals surface area contributed by atoms with Gasteiger partial charge in [-0.25, -0.2) is 14.4 Å². The molecule has 0 atom stereocenters. The summed E-state index contributed by atoms with van der Waals surface area (Å²) < 4.78 is 13.7. The van der Waals surface area contributed by atoms with Gasteiger partial charge in [0.05, 0.1) is 29.5 Å². The lowest BCUT2D eigenvalue weighted by atomic mass is 9.78. The van der Waals surface area contributed by atoms with Crippen LogP contribution in [0.15, 0.2) is 24.4 Å². The summed E-state index contributed by atoms with van der Waals surface area (Å²) in [5.74, 6) is -0.720. The fourth-order valence-electron chi connectivity index (χ4n) is 3.25. The number of aromatic nitrogens is 3. The highest BCUT2D eigenvalue weighted by molar-refractivity contribution is 6.62. The molecule has 0 spiro atoms. The molecule has 2 heterocycles. The predicted octanol–water partition coefficient (Wildman–Crippen LogP) is 2.96. The number of carbonyl (C=O) groups is 2. The molecule has 9 nitrogen and oxygen atoms in total. The lowest BCUT2D eigenvalue weighted by Gasteiger charge is -2.32. The number of rotatable bonds is 4. The first-order valence-electron chi connectivity index (χ1n) is 10.5. The van der Waals surface area contributed by atoms with Crippen molar-refractivity contribution in [2.75, 3.05) is 0 Å². The largest absolute Gasteiger partial charge is 0.494 e. The first kappa shape index (κ1) is 23.9. The maximum atomic E-state index is 12.9. The van der Waals surface area contributed by atoms with E-state index in [0.29, 0.717) is 5.56 Å². The van der Waals surface area contributed by atoms with Crippen LogP contribution in [-0.2, 0) is 21.4 Å². The monoisotopic (exact) mass is 442 g/mol. The second-order valence-electron chi connectivity index (χ2n) is 10.2. The van der Waals surface area contributed by atoms with E-state index >= 15 is 0 Å². The standard InChI is InChI=1S/C22H31BN4O5/c1-14-11-16(23-31-21(5,6)22(7,8)32-23)10-9-15(14)12-26(19(29)30)18(28)17-13-27(25-24-17)20(2,3)4/h9-11,13H,12H2,1-8H3,(H,29,30). The van der Waals surface area contributed by atoms with E-state index in [1.54, 1.807) is 6.07 Å². The number of hydrogen-bond acceptors (Lipinski definition) is 6. The van der Waals surface area contributed by atoms with Gasteiger partial charge in [0.15, 0.2) is 5.69 Å². The Labute approximate surface area is 188 Å². The van der Waals surface area contributed by atoms with Crippen LogP contribution in [0.5, 0.6) is 0 Å². The molecule has 1 N–H and O–H groups in total. The Bertz CT molecular complexity index is 1030. The summed E-state index contributed by atoms with van der Waals surface area (Å²) in [6, 6.07) is 5.54. The minimum Gasteiger partial charge on any atom is -0.465 e. The molecule has 3 rings (SSSR count). The van der Waals surface area contributed by atoms with Crippen molar-refractivity contribution in [1.29, 1.82) is 0 Å². The van der Waals surface area contributed by atoms with Gasteiger partial charge in [0.25, 0.3) is 5.91 Å². The maximum Gasteiger partial charge on any atom is 0.494 e. The molecule has 172 valence electrons. The summed E-state index contributed by atoms with van der Waals surface area (Å²) in [6.07, 6.45) is 0.113. The van der Waals surface area contributed by atoms with Gasteiger partial charge in [-0.2, -0.15) is 0 Å². The summed E-state index contributed by atoms with van der Waals surface area (Å²) >= 11 is 0. The number of nitrogens with zero attached hydrogens (tertiary/aromatic N) is 4. The van der Waals surface area contributed by atoms with Crippen LogP contribution >= 0.6 is 0 Å². The molecule has 10 heteroatoms. The Hall–Kier alpha value is -2.72. The van der Waals surface area contributed by atoms with Gasteiger partial charge in [0.2, 0.25) is 0 Å². The summed E-state index contributed by atoms with van der Waals surface area (Å²) in [6.45, 7) is 15.4. The topological polar surface area (TPSA) is 107 Å². The SMILES string of the molecule is Cc1cc(B2OC(C)(C)C(C)(C)O2)ccc1CN(C(=O)O)C(=O)c1cn(C(C)(C)C)nn1. The average Bonchev–Trinajstić information content (AvgIpc) is 3.23. The molecule has 2 amide bonds. The van der Waals surface area contributed by atoms with Gasteiger partial charge >= 0.3 is 13.2 Å². The fourth-order valence-corrected chi connectivity index (χ4v) is 3.25. The molecule has 2 aromatic rings. The first-order chi connectivity index (χ1) is 14.6. The number of carbonyl (C=O) groups excluding carboxylic acids is 1. The molecule has 0 radical (unpaired) electrons. The molecular weight excluding hydrogens is 411 g/mol. The Balaban J connectivity index is 1.81. The van der Waals surface area contributed by atoms with Crippen molar-refractivity contribution in [3.8, 4) is 0 Å². The van der Waals surface area contributed by atoms with E-state index in [-0.39, 0.29) is 17.8 Å². The van der Waals surface area contributed by atoms with Gasteiger partial charge < -0.3 is 14.4 Å². The summed E-state index contributed by atoms with van der Waals surface area (Å²) in [5, 5.41) is 17.5. The number of imide groups is 1. The average molecular weight is 442 g/mol. The molecule has 0 bridgehead atoms. The van der Waals surface area contributed by atoms with E-state index in [0.717, 1.165) is 15.9 Å². The van der Waals surface area contributed by atoms with Crippen molar-refractivity contribution < 1.29 is 24.0 Å². The summed E-state index contributed by atoms with van der Waals surface area (Å²) in [7, 11) is -0.516. The van der Waals surface area contributed by atoms with E-state index < -0.39 is 30.3 Å². The van der Waals surface area contributed by atoms with Crippen LogP contribution in [0.25, 0.3) is 0 Å². The highest BCUT2D eigenvalue weighted by atomic mass is 16.7. The van der Waals surface area contributed by atoms with Gasteiger partial charge in [-0.15, -0.1) is 5.10 Å². The van der Waals surface area contributed by atoms with Crippen molar-refractivity contribution in [3.63, 3.8) is 0 Å². The molecule has 32 heavy (non-hydrogen) atoms. The first-order valence-corrected chi connectivity index (χ1v) is 10.5. The van der Waals surface area contributed by atoms with E-state index in [2.05, 4.69) is 10.3 Å². The highest BCUT2D eigenvalue weighted by Gasteiger charge is 2.51. The zero-order chi connectivity index (χ0) is 24.1. The molecule has 0 aliphatic carbocycles. The van der Waals surface area contributed by atoms with Gasteiger partial charge in [-0.3, -0.25) is 4.79 Å². The van der Waals surface area contributed by atoms with E-state index in [1.807, 2.05) is 67.5 Å². The minimum absolute atomic E-state index is 0.0196. The van der Waals surface area contributed by atoms with Crippen LogP contribution < -0.4 is 5.46 Å². The van der Waals surface area contributed by atoms with Crippen molar-refractivity contribution >= 4 is 24.6 Å². The van der Waals surface area contributed by atoms with Crippen LogP contribution in [0, 0.1) is 6.92 Å². The second kappa shape index (κ2) is 8.01. The third kappa shape index (κ3) is 4.56. The number of benzene rings is 1. The van der Waals surface area contributed by atoms with Gasteiger partial charge in [0, 0.05) is 0 Å². The zero-order valence-corrected chi connectivity index (χ0v) is 20.0. The quantitative estimate of drug-likeness (QED) is 0.726. The molecule has 1 aliphatic heterocycles. The highest BCUT2D eigenvalue weighted by Crippen LogP contribution is 2.36. The Morgan fingerprint density at radius 3 is 2.22 bits per heavy atom. The van der Waals surface area contributed by atoms with Crippen LogP contribution in [0.3, 0.4) is 0 Å². The van der Waals surface area contributed by atoms with Crippen molar-refractivity contribution in [2.45, 2.75) is 78.7 Å². The van der Waals surface area contributed by atoms with Gasteiger partial charge in [-0.05, 0) is 72.0 Å². The van der Waals surface area contributed by atoms with Gasteiger partial charge in [0.1, 0.15) is 0 Å². The van der Waals surface area contributed by atoms with Crippen molar-refractivity contribution in [2.24, 2.45) is 0 Å². The molecule has 1 fully saturated rings. The molecule has 0 saturated carbocycles. The molecule has 1 aromatic heterocycles. The Morgan fingerprint density at radius 1 is 1.16 bits per heavy atom. The predicted molar refractivity (Wildman–Crippen MR) is 120 cm³/mol. The summed E-state index contributed by atoms with van der Waals surface area (Å²) in [4.78, 5) is 25.5.